The Bertz CT molecular complexity index is 1640. The van der Waals surface area contributed by atoms with Crippen LogP contribution in [0.25, 0.3) is 0 Å². The van der Waals surface area contributed by atoms with Gasteiger partial charge in [0.2, 0.25) is 0 Å². The Hall–Kier alpha value is -4.97. The van der Waals surface area contributed by atoms with Crippen molar-refractivity contribution in [2.75, 3.05) is 13.2 Å². The molecule has 0 N–H and O–H groups in total. The molecule has 1 atom stereocenters. The van der Waals surface area contributed by atoms with Gasteiger partial charge in [0.25, 0.3) is 0 Å². The summed E-state index contributed by atoms with van der Waals surface area (Å²) < 4.78 is 16.8. The molecule has 0 saturated heterocycles. The SMILES string of the molecule is CC/C=C\C/C=C\C/C=C\C/C=C\C/C=C\CCCCCC(=O)OC[C@H](COC(=O)CCCCCC/C=C\C/C=C\C/C=C\C/C=C\CC)OC(=O)CCCCCC/C=C\C/C=C\C/C=C\C/C=C\CC. The van der Waals surface area contributed by atoms with Crippen LogP contribution in [0, 0.1) is 0 Å². The van der Waals surface area contributed by atoms with Gasteiger partial charge < -0.3 is 14.2 Å². The van der Waals surface area contributed by atoms with Gasteiger partial charge >= 0.3 is 17.9 Å². The normalized spacial score (nSPS) is 13.3. The van der Waals surface area contributed by atoms with Crippen LogP contribution in [0.4, 0.5) is 0 Å². The van der Waals surface area contributed by atoms with Gasteiger partial charge in [0.15, 0.2) is 6.10 Å². The molecule has 6 heteroatoms. The number of unbranched alkanes of at least 4 members (excludes halogenated alkanes) is 11. The second-order valence-electron chi connectivity index (χ2n) is 17.7. The van der Waals surface area contributed by atoms with E-state index in [9.17, 15) is 14.4 Å². The van der Waals surface area contributed by atoms with Gasteiger partial charge in [0.05, 0.1) is 0 Å². The van der Waals surface area contributed by atoms with Crippen molar-refractivity contribution in [3.8, 4) is 0 Å². The summed E-state index contributed by atoms with van der Waals surface area (Å²) in [5, 5.41) is 0. The zero-order valence-corrected chi connectivity index (χ0v) is 45.2. The van der Waals surface area contributed by atoms with Crippen LogP contribution in [0.3, 0.4) is 0 Å². The number of carbonyl (C=O) groups excluding carboxylic acids is 3. The largest absolute Gasteiger partial charge is 0.462 e. The van der Waals surface area contributed by atoms with Crippen molar-refractivity contribution in [2.24, 2.45) is 0 Å². The maximum absolute atomic E-state index is 12.9. The van der Waals surface area contributed by atoms with E-state index in [0.717, 1.165) is 173 Å². The van der Waals surface area contributed by atoms with E-state index in [-0.39, 0.29) is 37.5 Å². The standard InChI is InChI=1S/C65H100O6/c1-4-7-10-13-16-19-22-25-28-31-32-35-37-40-43-46-49-52-55-58-64(67)70-61-62(71-65(68)59-56-53-50-47-44-41-38-34-30-27-24-21-18-15-12-9-6-3)60-69-63(66)57-54-51-48-45-42-39-36-33-29-26-23-20-17-14-11-8-5-2/h7-12,16-21,25-30,32,35-36,38-41,43,62H,4-6,13-15,22-24,31,33-34,37,42,44-61H2,1-3H3/b10-7-,11-8-,12-9-,19-16-,20-17-,21-18-,28-25-,29-26-,30-27-,35-32-,39-36-,41-38-,43-40-/t62-/m0/s1. The quantitative estimate of drug-likeness (QED) is 0.0262. The van der Waals surface area contributed by atoms with Crippen LogP contribution in [-0.4, -0.2) is 37.2 Å². The van der Waals surface area contributed by atoms with Gasteiger partial charge in [-0.25, -0.2) is 0 Å². The minimum atomic E-state index is -0.824. The predicted octanol–water partition coefficient (Wildman–Crippen LogP) is 19.0. The molecule has 0 saturated carbocycles. The zero-order valence-electron chi connectivity index (χ0n) is 45.2. The third-order valence-corrected chi connectivity index (χ3v) is 11.0. The van der Waals surface area contributed by atoms with Crippen LogP contribution in [0.5, 0.6) is 0 Å². The van der Waals surface area contributed by atoms with Gasteiger partial charge in [-0.2, -0.15) is 0 Å². The number of esters is 3. The lowest BCUT2D eigenvalue weighted by atomic mass is 10.1. The van der Waals surface area contributed by atoms with Gasteiger partial charge in [-0.3, -0.25) is 14.4 Å². The highest BCUT2D eigenvalue weighted by Gasteiger charge is 2.19. The molecule has 0 aliphatic heterocycles. The Morgan fingerprint density at radius 1 is 0.282 bits per heavy atom. The molecule has 0 aliphatic carbocycles. The van der Waals surface area contributed by atoms with Gasteiger partial charge in [-0.1, -0.05) is 211 Å². The van der Waals surface area contributed by atoms with E-state index in [2.05, 4.69) is 179 Å². The molecule has 0 rings (SSSR count). The van der Waals surface area contributed by atoms with Crippen molar-refractivity contribution in [3.05, 3.63) is 158 Å². The molecular weight excluding hydrogens is 877 g/mol. The third-order valence-electron chi connectivity index (χ3n) is 11.0. The van der Waals surface area contributed by atoms with E-state index >= 15 is 0 Å². The number of rotatable bonds is 48. The van der Waals surface area contributed by atoms with E-state index in [1.807, 2.05) is 0 Å². The molecule has 0 aliphatic rings. The molecule has 0 aromatic heterocycles. The lowest BCUT2D eigenvalue weighted by Gasteiger charge is -2.18. The summed E-state index contributed by atoms with van der Waals surface area (Å²) in [5.41, 5.74) is 0. The molecule has 0 spiro atoms. The van der Waals surface area contributed by atoms with Gasteiger partial charge in [0, 0.05) is 19.3 Å². The first-order valence-electron chi connectivity index (χ1n) is 28.0. The van der Waals surface area contributed by atoms with Gasteiger partial charge in [-0.05, 0) is 141 Å². The lowest BCUT2D eigenvalue weighted by Crippen LogP contribution is -2.30. The first-order chi connectivity index (χ1) is 35.0. The highest BCUT2D eigenvalue weighted by atomic mass is 16.6. The molecule has 0 radical (unpaired) electrons. The topological polar surface area (TPSA) is 78.9 Å². The lowest BCUT2D eigenvalue weighted by molar-refractivity contribution is -0.167. The molecule has 0 heterocycles. The number of allylic oxidation sites excluding steroid dienone is 26. The van der Waals surface area contributed by atoms with Crippen LogP contribution in [0.1, 0.15) is 213 Å². The monoisotopic (exact) mass is 977 g/mol. The summed E-state index contributed by atoms with van der Waals surface area (Å²) in [4.78, 5) is 38.2. The summed E-state index contributed by atoms with van der Waals surface area (Å²) in [6.07, 6.45) is 83.7. The van der Waals surface area contributed by atoms with E-state index < -0.39 is 6.10 Å². The molecule has 0 aromatic carbocycles. The Morgan fingerprint density at radius 3 is 0.789 bits per heavy atom. The number of carbonyl (C=O) groups is 3. The molecule has 0 aromatic rings. The van der Waals surface area contributed by atoms with Crippen molar-refractivity contribution in [3.63, 3.8) is 0 Å². The molecule has 71 heavy (non-hydrogen) atoms. The molecule has 396 valence electrons. The second-order valence-corrected chi connectivity index (χ2v) is 17.7. The fourth-order valence-corrected chi connectivity index (χ4v) is 6.92. The summed E-state index contributed by atoms with van der Waals surface area (Å²) in [6, 6.07) is 0. The summed E-state index contributed by atoms with van der Waals surface area (Å²) in [6.45, 7) is 6.21. The third kappa shape index (κ3) is 55.8. The van der Waals surface area contributed by atoms with Crippen LogP contribution >= 0.6 is 0 Å². The first-order valence-corrected chi connectivity index (χ1v) is 28.0. The average Bonchev–Trinajstić information content (AvgIpc) is 3.37. The predicted molar refractivity (Wildman–Crippen MR) is 306 cm³/mol. The Balaban J connectivity index is 4.58. The minimum absolute atomic E-state index is 0.119. The molecule has 0 unspecified atom stereocenters. The summed E-state index contributed by atoms with van der Waals surface area (Å²) in [5.74, 6) is -1.01. The van der Waals surface area contributed by atoms with Crippen LogP contribution < -0.4 is 0 Å². The average molecular weight is 978 g/mol. The van der Waals surface area contributed by atoms with Crippen LogP contribution in [0.2, 0.25) is 0 Å². The van der Waals surface area contributed by atoms with E-state index in [1.165, 1.54) is 0 Å². The molecule has 0 bridgehead atoms. The van der Waals surface area contributed by atoms with Crippen LogP contribution in [-0.2, 0) is 28.6 Å². The second kappa shape index (κ2) is 57.6. The van der Waals surface area contributed by atoms with Crippen molar-refractivity contribution in [1.29, 1.82) is 0 Å². The maximum Gasteiger partial charge on any atom is 0.306 e. The number of hydrogen-bond donors (Lipinski definition) is 0. The first kappa shape index (κ1) is 66.0. The zero-order chi connectivity index (χ0) is 51.4. The van der Waals surface area contributed by atoms with E-state index in [1.54, 1.807) is 0 Å². The fraction of sp³-hybridized carbons (Fsp3) is 0.554. The highest BCUT2D eigenvalue weighted by molar-refractivity contribution is 5.71. The summed E-state index contributed by atoms with van der Waals surface area (Å²) >= 11 is 0. The molecular formula is C65H100O6. The van der Waals surface area contributed by atoms with Crippen molar-refractivity contribution < 1.29 is 28.6 Å². The van der Waals surface area contributed by atoms with Crippen molar-refractivity contribution in [1.82, 2.24) is 0 Å². The highest BCUT2D eigenvalue weighted by Crippen LogP contribution is 2.12. The molecule has 0 fully saturated rings. The molecule has 0 amide bonds. The molecule has 6 nitrogen and oxygen atoms in total. The van der Waals surface area contributed by atoms with E-state index in [4.69, 9.17) is 14.2 Å². The Morgan fingerprint density at radius 2 is 0.507 bits per heavy atom. The van der Waals surface area contributed by atoms with Crippen LogP contribution in [0.15, 0.2) is 158 Å². The van der Waals surface area contributed by atoms with Gasteiger partial charge in [0.1, 0.15) is 13.2 Å². The van der Waals surface area contributed by atoms with E-state index in [0.29, 0.717) is 12.8 Å². The Kier molecular flexibility index (Phi) is 53.6. The smallest absolute Gasteiger partial charge is 0.306 e. The van der Waals surface area contributed by atoms with Crippen molar-refractivity contribution >= 4 is 17.9 Å². The fourth-order valence-electron chi connectivity index (χ4n) is 6.92. The maximum atomic E-state index is 12.9. The number of hydrogen-bond acceptors (Lipinski definition) is 6. The van der Waals surface area contributed by atoms with Crippen molar-refractivity contribution in [2.45, 2.75) is 219 Å². The van der Waals surface area contributed by atoms with Gasteiger partial charge in [-0.15, -0.1) is 0 Å². The summed E-state index contributed by atoms with van der Waals surface area (Å²) in [7, 11) is 0. The Labute approximate surface area is 435 Å². The number of ether oxygens (including phenoxy) is 3. The minimum Gasteiger partial charge on any atom is -0.462 e.